The van der Waals surface area contributed by atoms with Gasteiger partial charge < -0.3 is 10.1 Å². The number of aryl methyl sites for hydroxylation is 3. The van der Waals surface area contributed by atoms with Crippen molar-refractivity contribution in [3.05, 3.63) is 63.0 Å². The predicted octanol–water partition coefficient (Wildman–Crippen LogP) is 5.70. The van der Waals surface area contributed by atoms with E-state index in [0.717, 1.165) is 21.7 Å². The van der Waals surface area contributed by atoms with Gasteiger partial charge in [0.1, 0.15) is 0 Å². The summed E-state index contributed by atoms with van der Waals surface area (Å²) in [5.74, 6) is -0.676. The van der Waals surface area contributed by atoms with Gasteiger partial charge in [-0.1, -0.05) is 0 Å². The molecule has 0 fully saturated rings. The number of nitrogens with one attached hydrogen (secondary N) is 1. The van der Waals surface area contributed by atoms with E-state index in [9.17, 15) is 9.59 Å². The van der Waals surface area contributed by atoms with Gasteiger partial charge in [-0.15, -0.1) is 11.3 Å². The second kappa shape index (κ2) is 8.78. The van der Waals surface area contributed by atoms with Crippen LogP contribution >= 0.6 is 11.3 Å². The molecule has 170 valence electrons. The largest absolute Gasteiger partial charge is 0.465 e. The molecule has 0 unspecified atom stereocenters. The van der Waals surface area contributed by atoms with Gasteiger partial charge in [-0.25, -0.2) is 14.5 Å². The molecule has 7 nitrogen and oxygen atoms in total. The number of esters is 1. The summed E-state index contributed by atoms with van der Waals surface area (Å²) in [4.78, 5) is 32.5. The molecule has 1 aromatic carbocycles. The molecule has 8 heteroatoms. The fourth-order valence-corrected chi connectivity index (χ4v) is 4.78. The van der Waals surface area contributed by atoms with Gasteiger partial charge in [0.25, 0.3) is 5.91 Å². The fraction of sp³-hybridized carbons (Fsp3) is 0.280. The molecule has 0 radical (unpaired) electrons. The number of hydrogen-bond acceptors (Lipinski definition) is 6. The highest BCUT2D eigenvalue weighted by atomic mass is 32.1. The summed E-state index contributed by atoms with van der Waals surface area (Å²) in [7, 11) is 1.34. The molecular weight excluding hydrogens is 436 g/mol. The Balaban J connectivity index is 1.80. The average Bonchev–Trinajstić information content (AvgIpc) is 3.36. The fourth-order valence-electron chi connectivity index (χ4n) is 3.85. The molecule has 0 spiro atoms. The van der Waals surface area contributed by atoms with Crippen molar-refractivity contribution in [1.29, 1.82) is 0 Å². The highest BCUT2D eigenvalue weighted by Crippen LogP contribution is 2.33. The maximum atomic E-state index is 13.4. The summed E-state index contributed by atoms with van der Waals surface area (Å²) in [6.07, 6.45) is 1.69. The number of carbonyl (C=O) groups excluding carboxylic acids is 2. The van der Waals surface area contributed by atoms with Crippen LogP contribution in [0, 0.1) is 20.8 Å². The number of aromatic nitrogens is 3. The van der Waals surface area contributed by atoms with Crippen molar-refractivity contribution in [3.63, 3.8) is 0 Å². The lowest BCUT2D eigenvalue weighted by atomic mass is 10.1. The van der Waals surface area contributed by atoms with Crippen LogP contribution < -0.4 is 5.32 Å². The standard InChI is InChI=1S/C25H26N4O3S/c1-13(2)29-23-20(12-26-29)19(11-22(27-23)18-10-15(4)33-16(18)5)24(30)28-21-8-7-17(9-14(21)3)25(31)32-6/h7-13H,1-6H3,(H,28,30). The SMILES string of the molecule is COC(=O)c1ccc(NC(=O)c2cc(-c3cc(C)sc3C)nc3c2cnn3C(C)C)c(C)c1. The lowest BCUT2D eigenvalue weighted by Crippen LogP contribution is -2.14. The van der Waals surface area contributed by atoms with Crippen LogP contribution in [0.25, 0.3) is 22.3 Å². The normalized spacial score (nSPS) is 11.2. The molecule has 0 saturated heterocycles. The number of fused-ring (bicyclic) bond motifs is 1. The third-order valence-corrected chi connectivity index (χ3v) is 6.48. The minimum absolute atomic E-state index is 0.0968. The third kappa shape index (κ3) is 4.26. The molecule has 1 amide bonds. The Bertz CT molecular complexity index is 1380. The molecule has 0 aliphatic rings. The van der Waals surface area contributed by atoms with E-state index < -0.39 is 5.97 Å². The van der Waals surface area contributed by atoms with Gasteiger partial charge in [0.2, 0.25) is 0 Å². The predicted molar refractivity (Wildman–Crippen MR) is 131 cm³/mol. The van der Waals surface area contributed by atoms with Gasteiger partial charge >= 0.3 is 5.97 Å². The van der Waals surface area contributed by atoms with Crippen molar-refractivity contribution in [1.82, 2.24) is 14.8 Å². The molecule has 33 heavy (non-hydrogen) atoms. The van der Waals surface area contributed by atoms with Crippen LogP contribution in [0.4, 0.5) is 5.69 Å². The van der Waals surface area contributed by atoms with E-state index in [1.165, 1.54) is 12.0 Å². The van der Waals surface area contributed by atoms with Crippen molar-refractivity contribution in [2.45, 2.75) is 40.7 Å². The van der Waals surface area contributed by atoms with Crippen molar-refractivity contribution >= 4 is 39.9 Å². The number of hydrogen-bond donors (Lipinski definition) is 1. The first-order chi connectivity index (χ1) is 15.7. The van der Waals surface area contributed by atoms with Crippen LogP contribution in [0.3, 0.4) is 0 Å². The highest BCUT2D eigenvalue weighted by molar-refractivity contribution is 7.12. The molecule has 0 aliphatic carbocycles. The van der Waals surface area contributed by atoms with Crippen molar-refractivity contribution < 1.29 is 14.3 Å². The summed E-state index contributed by atoms with van der Waals surface area (Å²) >= 11 is 1.71. The van der Waals surface area contributed by atoms with E-state index in [0.29, 0.717) is 27.8 Å². The van der Waals surface area contributed by atoms with Crippen molar-refractivity contribution in [3.8, 4) is 11.3 Å². The van der Waals surface area contributed by atoms with Crippen LogP contribution in [0.1, 0.15) is 55.9 Å². The smallest absolute Gasteiger partial charge is 0.337 e. The molecule has 0 saturated carbocycles. The Morgan fingerprint density at radius 1 is 1.12 bits per heavy atom. The number of methoxy groups -OCH3 is 1. The van der Waals surface area contributed by atoms with Gasteiger partial charge in [0, 0.05) is 27.0 Å². The molecule has 0 atom stereocenters. The summed E-state index contributed by atoms with van der Waals surface area (Å²) in [5.41, 5.74) is 4.76. The Morgan fingerprint density at radius 3 is 2.48 bits per heavy atom. The molecule has 3 heterocycles. The number of benzene rings is 1. The first-order valence-electron chi connectivity index (χ1n) is 10.7. The Morgan fingerprint density at radius 2 is 1.88 bits per heavy atom. The second-order valence-electron chi connectivity index (χ2n) is 8.28. The maximum absolute atomic E-state index is 13.4. The monoisotopic (exact) mass is 462 g/mol. The number of amides is 1. The van der Waals surface area contributed by atoms with E-state index in [4.69, 9.17) is 9.72 Å². The first kappa shape index (κ1) is 22.7. The highest BCUT2D eigenvalue weighted by Gasteiger charge is 2.20. The van der Waals surface area contributed by atoms with Gasteiger partial charge in [0.05, 0.1) is 35.5 Å². The molecule has 1 N–H and O–H groups in total. The van der Waals surface area contributed by atoms with E-state index in [1.807, 2.05) is 31.5 Å². The summed E-state index contributed by atoms with van der Waals surface area (Å²) in [6, 6.07) is 9.07. The molecule has 4 aromatic rings. The Hall–Kier alpha value is -3.52. The summed E-state index contributed by atoms with van der Waals surface area (Å²) in [5, 5.41) is 8.17. The number of rotatable bonds is 5. The van der Waals surface area contributed by atoms with Crippen LogP contribution in [0.15, 0.2) is 36.5 Å². The molecule has 4 rings (SSSR count). The number of pyridine rings is 1. The molecule has 0 aliphatic heterocycles. The van der Waals surface area contributed by atoms with Crippen LogP contribution in [0.2, 0.25) is 0 Å². The van der Waals surface area contributed by atoms with Gasteiger partial charge in [-0.3, -0.25) is 4.79 Å². The molecule has 0 bridgehead atoms. The second-order valence-corrected chi connectivity index (χ2v) is 9.74. The van der Waals surface area contributed by atoms with E-state index >= 15 is 0 Å². The quantitative estimate of drug-likeness (QED) is 0.384. The van der Waals surface area contributed by atoms with E-state index in [1.54, 1.807) is 35.7 Å². The molecular formula is C25H26N4O3S. The Kier molecular flexibility index (Phi) is 6.03. The number of nitrogens with zero attached hydrogens (tertiary/aromatic N) is 3. The third-order valence-electron chi connectivity index (χ3n) is 5.51. The summed E-state index contributed by atoms with van der Waals surface area (Å²) in [6.45, 7) is 10.0. The number of ether oxygens (including phenoxy) is 1. The van der Waals surface area contributed by atoms with E-state index in [-0.39, 0.29) is 11.9 Å². The zero-order valence-corrected chi connectivity index (χ0v) is 20.3. The van der Waals surface area contributed by atoms with Gasteiger partial charge in [-0.05, 0) is 70.5 Å². The topological polar surface area (TPSA) is 86.1 Å². The summed E-state index contributed by atoms with van der Waals surface area (Å²) < 4.78 is 6.61. The van der Waals surface area contributed by atoms with Crippen molar-refractivity contribution in [2.75, 3.05) is 12.4 Å². The average molecular weight is 463 g/mol. The van der Waals surface area contributed by atoms with Crippen molar-refractivity contribution in [2.24, 2.45) is 0 Å². The van der Waals surface area contributed by atoms with Gasteiger partial charge in [-0.2, -0.15) is 5.10 Å². The lowest BCUT2D eigenvalue weighted by molar-refractivity contribution is 0.0600. The van der Waals surface area contributed by atoms with Crippen LogP contribution in [-0.2, 0) is 4.74 Å². The number of thiophene rings is 1. The number of carbonyl (C=O) groups is 2. The minimum Gasteiger partial charge on any atom is -0.465 e. The maximum Gasteiger partial charge on any atom is 0.337 e. The zero-order chi connectivity index (χ0) is 23.9. The van der Waals surface area contributed by atoms with Crippen LogP contribution in [0.5, 0.6) is 0 Å². The van der Waals surface area contributed by atoms with Crippen LogP contribution in [-0.4, -0.2) is 33.8 Å². The Labute approximate surface area is 196 Å². The van der Waals surface area contributed by atoms with E-state index in [2.05, 4.69) is 30.3 Å². The first-order valence-corrected chi connectivity index (χ1v) is 11.5. The van der Waals surface area contributed by atoms with Gasteiger partial charge in [0.15, 0.2) is 5.65 Å². The lowest BCUT2D eigenvalue weighted by Gasteiger charge is -2.12. The molecule has 3 aromatic heterocycles. The minimum atomic E-state index is -0.418. The zero-order valence-electron chi connectivity index (χ0n) is 19.5. The number of anilines is 1.